The molecule has 0 atom stereocenters. The molecule has 1 heterocycles. The van der Waals surface area contributed by atoms with Crippen molar-refractivity contribution in [1.82, 2.24) is 9.88 Å². The molecule has 1 amide bonds. The topological polar surface area (TPSA) is 88.4 Å². The van der Waals surface area contributed by atoms with Gasteiger partial charge in [-0.3, -0.25) is 14.4 Å². The summed E-state index contributed by atoms with van der Waals surface area (Å²) in [5.74, 6) is -0.913. The molecule has 0 bridgehead atoms. The first-order chi connectivity index (χ1) is 12.0. The molecule has 2 aromatic rings. The van der Waals surface area contributed by atoms with E-state index in [1.807, 2.05) is 30.3 Å². The zero-order valence-electron chi connectivity index (χ0n) is 14.0. The van der Waals surface area contributed by atoms with Crippen LogP contribution in [0.2, 0.25) is 0 Å². The Morgan fingerprint density at radius 1 is 0.960 bits per heavy atom. The molecule has 6 heteroatoms. The number of nitrogens with zero attached hydrogens (tertiary/aromatic N) is 1. The number of hydrogen-bond acceptors (Lipinski definition) is 3. The Morgan fingerprint density at radius 2 is 1.64 bits per heavy atom. The summed E-state index contributed by atoms with van der Waals surface area (Å²) >= 11 is 0. The predicted octanol–water partition coefficient (Wildman–Crippen LogP) is 2.16. The summed E-state index contributed by atoms with van der Waals surface area (Å²) in [7, 11) is 0. The summed E-state index contributed by atoms with van der Waals surface area (Å²) in [6.07, 6.45) is 3.27. The van der Waals surface area contributed by atoms with Crippen LogP contribution in [-0.2, 0) is 22.7 Å². The SMILES string of the molecule is O=C(O)CCCCC(=O)NCc1ccc(Cn2ccccc2=O)cc1. The van der Waals surface area contributed by atoms with Crippen molar-refractivity contribution < 1.29 is 14.7 Å². The van der Waals surface area contributed by atoms with E-state index < -0.39 is 5.97 Å². The second-order valence-electron chi connectivity index (χ2n) is 5.86. The largest absolute Gasteiger partial charge is 0.481 e. The van der Waals surface area contributed by atoms with Crippen LogP contribution in [0.25, 0.3) is 0 Å². The molecule has 2 rings (SSSR count). The molecule has 0 aliphatic heterocycles. The highest BCUT2D eigenvalue weighted by Crippen LogP contribution is 2.06. The van der Waals surface area contributed by atoms with Gasteiger partial charge in [0.25, 0.3) is 5.56 Å². The van der Waals surface area contributed by atoms with Gasteiger partial charge in [0.05, 0.1) is 6.54 Å². The van der Waals surface area contributed by atoms with Gasteiger partial charge in [-0.05, 0) is 30.0 Å². The van der Waals surface area contributed by atoms with E-state index in [2.05, 4.69) is 5.32 Å². The summed E-state index contributed by atoms with van der Waals surface area (Å²) < 4.78 is 1.63. The van der Waals surface area contributed by atoms with Gasteiger partial charge >= 0.3 is 5.97 Å². The number of aliphatic carboxylic acids is 1. The van der Waals surface area contributed by atoms with Gasteiger partial charge in [-0.1, -0.05) is 30.3 Å². The number of unbranched alkanes of at least 4 members (excludes halogenated alkanes) is 1. The maximum absolute atomic E-state index is 11.7. The number of aromatic nitrogens is 1. The molecule has 0 fully saturated rings. The third-order valence-corrected chi connectivity index (χ3v) is 3.81. The molecule has 0 aliphatic rings. The van der Waals surface area contributed by atoms with E-state index in [1.54, 1.807) is 16.8 Å². The van der Waals surface area contributed by atoms with Crippen LogP contribution in [0.15, 0.2) is 53.5 Å². The van der Waals surface area contributed by atoms with Crippen molar-refractivity contribution in [2.75, 3.05) is 0 Å². The third kappa shape index (κ3) is 6.63. The Balaban J connectivity index is 1.76. The Bertz CT molecular complexity index is 765. The third-order valence-electron chi connectivity index (χ3n) is 3.81. The van der Waals surface area contributed by atoms with E-state index in [0.717, 1.165) is 11.1 Å². The van der Waals surface area contributed by atoms with E-state index in [1.165, 1.54) is 6.07 Å². The molecule has 0 aliphatic carbocycles. The number of hydrogen-bond donors (Lipinski definition) is 2. The molecular weight excluding hydrogens is 320 g/mol. The quantitative estimate of drug-likeness (QED) is 0.684. The first kappa shape index (κ1) is 18.4. The zero-order valence-corrected chi connectivity index (χ0v) is 14.0. The Kier molecular flexibility index (Phi) is 6.95. The van der Waals surface area contributed by atoms with Crippen LogP contribution in [0.1, 0.15) is 36.8 Å². The first-order valence-corrected chi connectivity index (χ1v) is 8.26. The van der Waals surface area contributed by atoms with Crippen LogP contribution in [0.5, 0.6) is 0 Å². The summed E-state index contributed by atoms with van der Waals surface area (Å²) in [6, 6.07) is 12.8. The van der Waals surface area contributed by atoms with Crippen LogP contribution in [0.4, 0.5) is 0 Å². The molecule has 0 saturated heterocycles. The number of benzene rings is 1. The second-order valence-corrected chi connectivity index (χ2v) is 5.86. The highest BCUT2D eigenvalue weighted by Gasteiger charge is 2.03. The monoisotopic (exact) mass is 342 g/mol. The van der Waals surface area contributed by atoms with E-state index in [4.69, 9.17) is 5.11 Å². The highest BCUT2D eigenvalue weighted by atomic mass is 16.4. The van der Waals surface area contributed by atoms with Gasteiger partial charge in [0.2, 0.25) is 5.91 Å². The fraction of sp³-hybridized carbons (Fsp3) is 0.316. The minimum atomic E-state index is -0.835. The summed E-state index contributed by atoms with van der Waals surface area (Å²) in [5.41, 5.74) is 1.95. The average molecular weight is 342 g/mol. The number of carboxylic acids is 1. The van der Waals surface area contributed by atoms with Crippen LogP contribution in [0.3, 0.4) is 0 Å². The molecule has 0 saturated carbocycles. The molecule has 1 aromatic carbocycles. The average Bonchev–Trinajstić information content (AvgIpc) is 2.60. The maximum Gasteiger partial charge on any atom is 0.303 e. The summed E-state index contributed by atoms with van der Waals surface area (Å²) in [4.78, 5) is 33.8. The Hall–Kier alpha value is -2.89. The molecule has 6 nitrogen and oxygen atoms in total. The lowest BCUT2D eigenvalue weighted by Gasteiger charge is -2.08. The zero-order chi connectivity index (χ0) is 18.1. The number of carbonyl (C=O) groups is 2. The maximum atomic E-state index is 11.7. The minimum Gasteiger partial charge on any atom is -0.481 e. The standard InChI is InChI=1S/C19H22N2O4/c22-17(5-1-2-7-19(24)25)20-13-15-8-10-16(11-9-15)14-21-12-4-3-6-18(21)23/h3-4,6,8-12H,1-2,5,7,13-14H2,(H,20,22)(H,24,25). The number of carbonyl (C=O) groups excluding carboxylic acids is 1. The second kappa shape index (κ2) is 9.42. The van der Waals surface area contributed by atoms with Crippen molar-refractivity contribution in [1.29, 1.82) is 0 Å². The van der Waals surface area contributed by atoms with E-state index in [-0.39, 0.29) is 17.9 Å². The molecule has 0 unspecified atom stereocenters. The van der Waals surface area contributed by atoms with Gasteiger partial charge in [0, 0.05) is 31.6 Å². The molecule has 2 N–H and O–H groups in total. The Morgan fingerprint density at radius 3 is 2.32 bits per heavy atom. The summed E-state index contributed by atoms with van der Waals surface area (Å²) in [6.45, 7) is 0.944. The van der Waals surface area contributed by atoms with Crippen molar-refractivity contribution >= 4 is 11.9 Å². The minimum absolute atomic E-state index is 0.0401. The van der Waals surface area contributed by atoms with Crippen molar-refractivity contribution in [3.05, 3.63) is 70.1 Å². The van der Waals surface area contributed by atoms with Gasteiger partial charge in [-0.15, -0.1) is 0 Å². The number of nitrogens with one attached hydrogen (secondary N) is 1. The molecule has 1 aromatic heterocycles. The van der Waals surface area contributed by atoms with Crippen molar-refractivity contribution in [2.24, 2.45) is 0 Å². The number of rotatable bonds is 9. The normalized spacial score (nSPS) is 10.4. The van der Waals surface area contributed by atoms with E-state index in [0.29, 0.717) is 32.4 Å². The van der Waals surface area contributed by atoms with Crippen LogP contribution < -0.4 is 10.9 Å². The van der Waals surface area contributed by atoms with Gasteiger partial charge in [-0.25, -0.2) is 0 Å². The first-order valence-electron chi connectivity index (χ1n) is 8.26. The smallest absolute Gasteiger partial charge is 0.303 e. The lowest BCUT2D eigenvalue weighted by atomic mass is 10.1. The summed E-state index contributed by atoms with van der Waals surface area (Å²) in [5, 5.41) is 11.4. The van der Waals surface area contributed by atoms with Crippen LogP contribution in [0, 0.1) is 0 Å². The molecule has 0 spiro atoms. The van der Waals surface area contributed by atoms with Crippen LogP contribution >= 0.6 is 0 Å². The molecule has 132 valence electrons. The molecule has 25 heavy (non-hydrogen) atoms. The van der Waals surface area contributed by atoms with Crippen molar-refractivity contribution in [2.45, 2.75) is 38.8 Å². The molecular formula is C19H22N2O4. The highest BCUT2D eigenvalue weighted by molar-refractivity contribution is 5.75. The van der Waals surface area contributed by atoms with E-state index in [9.17, 15) is 14.4 Å². The van der Waals surface area contributed by atoms with Gasteiger partial charge in [-0.2, -0.15) is 0 Å². The number of amides is 1. The lowest BCUT2D eigenvalue weighted by molar-refractivity contribution is -0.137. The predicted molar refractivity (Wildman–Crippen MR) is 94.2 cm³/mol. The van der Waals surface area contributed by atoms with Crippen molar-refractivity contribution in [3.8, 4) is 0 Å². The Labute approximate surface area is 146 Å². The number of pyridine rings is 1. The van der Waals surface area contributed by atoms with Gasteiger partial charge in [0.15, 0.2) is 0 Å². The van der Waals surface area contributed by atoms with Gasteiger partial charge in [0.1, 0.15) is 0 Å². The molecule has 0 radical (unpaired) electrons. The van der Waals surface area contributed by atoms with Gasteiger partial charge < -0.3 is 15.0 Å². The number of carboxylic acid groups (broad SMARTS) is 1. The van der Waals surface area contributed by atoms with Crippen LogP contribution in [-0.4, -0.2) is 21.6 Å². The van der Waals surface area contributed by atoms with Crippen molar-refractivity contribution in [3.63, 3.8) is 0 Å². The fourth-order valence-corrected chi connectivity index (χ4v) is 2.40. The fourth-order valence-electron chi connectivity index (χ4n) is 2.40. The lowest BCUT2D eigenvalue weighted by Crippen LogP contribution is -2.22. The van der Waals surface area contributed by atoms with E-state index >= 15 is 0 Å².